The van der Waals surface area contributed by atoms with Crippen molar-refractivity contribution in [2.45, 2.75) is 26.1 Å². The van der Waals surface area contributed by atoms with Gasteiger partial charge in [0, 0.05) is 6.54 Å². The third-order valence-electron chi connectivity index (χ3n) is 3.35. The highest BCUT2D eigenvalue weighted by molar-refractivity contribution is 5.37. The zero-order chi connectivity index (χ0) is 13.4. The standard InChI is InChI=1S/C13H15N5O/c1-8-2-4-9(5-3-8)11-7-18-12(19)10(6-14)16-17-13(18)15-11/h2-5,11H,6-7,14H2,1H3,(H,15,17). The molecule has 2 heterocycles. The lowest BCUT2D eigenvalue weighted by atomic mass is 10.1. The van der Waals surface area contributed by atoms with Crippen LogP contribution in [0.15, 0.2) is 29.1 Å². The van der Waals surface area contributed by atoms with Crippen LogP contribution in [0.5, 0.6) is 0 Å². The van der Waals surface area contributed by atoms with Gasteiger partial charge in [0.2, 0.25) is 5.95 Å². The summed E-state index contributed by atoms with van der Waals surface area (Å²) >= 11 is 0. The lowest BCUT2D eigenvalue weighted by molar-refractivity contribution is 0.644. The van der Waals surface area contributed by atoms with Crippen molar-refractivity contribution in [2.24, 2.45) is 5.73 Å². The van der Waals surface area contributed by atoms with Crippen LogP contribution in [0.25, 0.3) is 0 Å². The van der Waals surface area contributed by atoms with E-state index in [0.29, 0.717) is 18.2 Å². The van der Waals surface area contributed by atoms with E-state index in [1.165, 1.54) is 5.56 Å². The largest absolute Gasteiger partial charge is 0.346 e. The van der Waals surface area contributed by atoms with Gasteiger partial charge in [0.05, 0.1) is 12.6 Å². The summed E-state index contributed by atoms with van der Waals surface area (Å²) in [6.07, 6.45) is 0. The van der Waals surface area contributed by atoms with E-state index in [9.17, 15) is 4.79 Å². The number of rotatable bonds is 2. The van der Waals surface area contributed by atoms with Crippen molar-refractivity contribution in [3.05, 3.63) is 51.4 Å². The summed E-state index contributed by atoms with van der Waals surface area (Å²) in [5.74, 6) is 0.507. The van der Waals surface area contributed by atoms with Crippen molar-refractivity contribution < 1.29 is 0 Å². The molecule has 3 rings (SSSR count). The minimum Gasteiger partial charge on any atom is -0.346 e. The first-order chi connectivity index (χ1) is 9.19. The maximum atomic E-state index is 12.1. The molecule has 19 heavy (non-hydrogen) atoms. The van der Waals surface area contributed by atoms with Gasteiger partial charge in [0.25, 0.3) is 5.56 Å². The Kier molecular flexibility index (Phi) is 2.79. The minimum absolute atomic E-state index is 0.0515. The summed E-state index contributed by atoms with van der Waals surface area (Å²) in [5.41, 5.74) is 7.95. The van der Waals surface area contributed by atoms with Gasteiger partial charge >= 0.3 is 0 Å². The molecule has 3 N–H and O–H groups in total. The summed E-state index contributed by atoms with van der Waals surface area (Å²) in [5, 5.41) is 11.1. The van der Waals surface area contributed by atoms with E-state index in [0.717, 1.165) is 5.56 Å². The summed E-state index contributed by atoms with van der Waals surface area (Å²) < 4.78 is 1.60. The molecule has 1 aromatic carbocycles. The van der Waals surface area contributed by atoms with Gasteiger partial charge in [-0.25, -0.2) is 0 Å². The molecule has 1 atom stereocenters. The first-order valence-corrected chi connectivity index (χ1v) is 6.18. The van der Waals surface area contributed by atoms with Crippen molar-refractivity contribution >= 4 is 5.95 Å². The molecular formula is C13H15N5O. The lowest BCUT2D eigenvalue weighted by Crippen LogP contribution is -2.26. The molecule has 2 aromatic rings. The van der Waals surface area contributed by atoms with Crippen molar-refractivity contribution in [1.29, 1.82) is 0 Å². The molecule has 1 unspecified atom stereocenters. The highest BCUT2D eigenvalue weighted by Gasteiger charge is 2.25. The Morgan fingerprint density at radius 2 is 2.11 bits per heavy atom. The first kappa shape index (κ1) is 11.9. The summed E-state index contributed by atoms with van der Waals surface area (Å²) in [7, 11) is 0. The third kappa shape index (κ3) is 2.00. The average molecular weight is 257 g/mol. The molecule has 6 heteroatoms. The molecule has 98 valence electrons. The average Bonchev–Trinajstić information content (AvgIpc) is 2.85. The molecular weight excluding hydrogens is 242 g/mol. The molecule has 0 amide bonds. The van der Waals surface area contributed by atoms with Gasteiger partial charge in [-0.3, -0.25) is 9.36 Å². The predicted octanol–water partition coefficient (Wildman–Crippen LogP) is 0.572. The fourth-order valence-electron chi connectivity index (χ4n) is 2.23. The Hall–Kier alpha value is -2.21. The molecule has 0 aliphatic carbocycles. The zero-order valence-corrected chi connectivity index (χ0v) is 10.6. The molecule has 0 bridgehead atoms. The van der Waals surface area contributed by atoms with Gasteiger partial charge < -0.3 is 11.1 Å². The monoisotopic (exact) mass is 257 g/mol. The lowest BCUT2D eigenvalue weighted by Gasteiger charge is -2.09. The van der Waals surface area contributed by atoms with Crippen LogP contribution in [0.4, 0.5) is 5.95 Å². The number of fused-ring (bicyclic) bond motifs is 1. The predicted molar refractivity (Wildman–Crippen MR) is 71.7 cm³/mol. The second-order valence-electron chi connectivity index (χ2n) is 4.70. The fourth-order valence-corrected chi connectivity index (χ4v) is 2.23. The number of nitrogens with one attached hydrogen (secondary N) is 1. The number of aromatic nitrogens is 3. The summed E-state index contributed by atoms with van der Waals surface area (Å²) in [6, 6.07) is 8.28. The molecule has 0 saturated carbocycles. The number of nitrogens with two attached hydrogens (primary N) is 1. The van der Waals surface area contributed by atoms with E-state index in [2.05, 4.69) is 39.8 Å². The number of hydrogen-bond acceptors (Lipinski definition) is 5. The molecule has 0 fully saturated rings. The Bertz CT molecular complexity index is 662. The molecule has 0 spiro atoms. The topological polar surface area (TPSA) is 85.8 Å². The van der Waals surface area contributed by atoms with Crippen LogP contribution in [0, 0.1) is 6.92 Å². The van der Waals surface area contributed by atoms with Crippen molar-refractivity contribution in [3.8, 4) is 0 Å². The normalized spacial score (nSPS) is 17.1. The first-order valence-electron chi connectivity index (χ1n) is 6.18. The molecule has 0 radical (unpaired) electrons. The maximum absolute atomic E-state index is 12.1. The number of benzene rings is 1. The van der Waals surface area contributed by atoms with Crippen molar-refractivity contribution in [2.75, 3.05) is 5.32 Å². The highest BCUT2D eigenvalue weighted by Crippen LogP contribution is 2.25. The van der Waals surface area contributed by atoms with E-state index >= 15 is 0 Å². The molecule has 1 aromatic heterocycles. The van der Waals surface area contributed by atoms with Gasteiger partial charge in [0.1, 0.15) is 5.69 Å². The molecule has 0 saturated heterocycles. The van der Waals surface area contributed by atoms with Crippen LogP contribution in [-0.4, -0.2) is 14.8 Å². The fraction of sp³-hybridized carbons (Fsp3) is 0.308. The second kappa shape index (κ2) is 4.47. The van der Waals surface area contributed by atoms with Crippen LogP contribution < -0.4 is 16.6 Å². The number of aryl methyl sites for hydroxylation is 1. The van der Waals surface area contributed by atoms with Gasteiger partial charge in [-0.2, -0.15) is 0 Å². The molecule has 1 aliphatic heterocycles. The Morgan fingerprint density at radius 1 is 1.37 bits per heavy atom. The van der Waals surface area contributed by atoms with E-state index in [1.807, 2.05) is 6.92 Å². The van der Waals surface area contributed by atoms with E-state index in [1.54, 1.807) is 4.57 Å². The van der Waals surface area contributed by atoms with Gasteiger partial charge in [-0.05, 0) is 12.5 Å². The van der Waals surface area contributed by atoms with E-state index in [4.69, 9.17) is 5.73 Å². The van der Waals surface area contributed by atoms with Gasteiger partial charge in [0.15, 0.2) is 0 Å². The third-order valence-corrected chi connectivity index (χ3v) is 3.35. The SMILES string of the molecule is Cc1ccc(C2Cn3c(nnc(CN)c3=O)N2)cc1. The highest BCUT2D eigenvalue weighted by atomic mass is 16.1. The van der Waals surface area contributed by atoms with Crippen molar-refractivity contribution in [3.63, 3.8) is 0 Å². The number of nitrogens with zero attached hydrogens (tertiary/aromatic N) is 3. The van der Waals surface area contributed by atoms with E-state index in [-0.39, 0.29) is 18.1 Å². The van der Waals surface area contributed by atoms with Crippen LogP contribution in [0.2, 0.25) is 0 Å². The summed E-state index contributed by atoms with van der Waals surface area (Å²) in [6.45, 7) is 2.71. The molecule has 6 nitrogen and oxygen atoms in total. The van der Waals surface area contributed by atoms with Crippen LogP contribution >= 0.6 is 0 Å². The summed E-state index contributed by atoms with van der Waals surface area (Å²) in [4.78, 5) is 12.1. The Morgan fingerprint density at radius 3 is 2.79 bits per heavy atom. The van der Waals surface area contributed by atoms with Crippen molar-refractivity contribution in [1.82, 2.24) is 14.8 Å². The minimum atomic E-state index is -0.158. The van der Waals surface area contributed by atoms with Crippen LogP contribution in [0.1, 0.15) is 22.9 Å². The molecule has 1 aliphatic rings. The second-order valence-corrected chi connectivity index (χ2v) is 4.70. The van der Waals surface area contributed by atoms with Gasteiger partial charge in [-0.1, -0.05) is 29.8 Å². The van der Waals surface area contributed by atoms with E-state index < -0.39 is 0 Å². The smallest absolute Gasteiger partial charge is 0.278 e. The van der Waals surface area contributed by atoms with Gasteiger partial charge in [-0.15, -0.1) is 10.2 Å². The number of anilines is 1. The Labute approximate surface area is 110 Å². The van der Waals surface area contributed by atoms with Crippen LogP contribution in [-0.2, 0) is 13.1 Å². The number of hydrogen-bond donors (Lipinski definition) is 2. The zero-order valence-electron chi connectivity index (χ0n) is 10.6. The quantitative estimate of drug-likeness (QED) is 0.821. The maximum Gasteiger partial charge on any atom is 0.278 e. The van der Waals surface area contributed by atoms with Crippen LogP contribution in [0.3, 0.4) is 0 Å². The Balaban J connectivity index is 1.94.